The van der Waals surface area contributed by atoms with E-state index in [1.54, 1.807) is 18.2 Å². The first-order chi connectivity index (χ1) is 10.5. The lowest BCUT2D eigenvalue weighted by Crippen LogP contribution is -2.00. The van der Waals surface area contributed by atoms with Crippen LogP contribution in [0.25, 0.3) is 0 Å². The lowest BCUT2D eigenvalue weighted by Gasteiger charge is -2.08. The van der Waals surface area contributed by atoms with Gasteiger partial charge in [-0.3, -0.25) is 10.1 Å². The molecular formula is C14H11ClINO4S. The zero-order chi connectivity index (χ0) is 16.1. The summed E-state index contributed by atoms with van der Waals surface area (Å²) in [5.41, 5.74) is -0.00986. The normalized spacial score (nSPS) is 10.5. The van der Waals surface area contributed by atoms with Crippen molar-refractivity contribution in [3.05, 3.63) is 55.1 Å². The number of benzene rings is 2. The van der Waals surface area contributed by atoms with Gasteiger partial charge in [0.1, 0.15) is 5.75 Å². The summed E-state index contributed by atoms with van der Waals surface area (Å²) in [6, 6.07) is 10.1. The van der Waals surface area contributed by atoms with Crippen LogP contribution >= 0.6 is 46.0 Å². The number of halogens is 2. The summed E-state index contributed by atoms with van der Waals surface area (Å²) in [7, 11) is 1.49. The minimum Gasteiger partial charge on any atom is -0.467 e. The fraction of sp³-hybridized carbons (Fsp3) is 0.143. The van der Waals surface area contributed by atoms with Gasteiger partial charge in [-0.2, -0.15) is 0 Å². The van der Waals surface area contributed by atoms with E-state index in [1.165, 1.54) is 24.9 Å². The molecule has 0 saturated heterocycles. The first kappa shape index (κ1) is 17.3. The predicted octanol–water partition coefficient (Wildman–Crippen LogP) is 4.99. The van der Waals surface area contributed by atoms with Crippen molar-refractivity contribution in [2.24, 2.45) is 0 Å². The van der Waals surface area contributed by atoms with Crippen LogP contribution in [-0.2, 0) is 4.74 Å². The topological polar surface area (TPSA) is 61.6 Å². The molecular weight excluding hydrogens is 441 g/mol. The van der Waals surface area contributed by atoms with Gasteiger partial charge >= 0.3 is 0 Å². The van der Waals surface area contributed by atoms with E-state index < -0.39 is 4.92 Å². The van der Waals surface area contributed by atoms with Crippen molar-refractivity contribution < 1.29 is 14.4 Å². The minimum atomic E-state index is -0.426. The molecule has 0 N–H and O–H groups in total. The molecule has 0 saturated carbocycles. The van der Waals surface area contributed by atoms with E-state index >= 15 is 0 Å². The van der Waals surface area contributed by atoms with Crippen molar-refractivity contribution in [1.82, 2.24) is 0 Å². The van der Waals surface area contributed by atoms with Crippen LogP contribution in [0.4, 0.5) is 5.69 Å². The molecule has 2 rings (SSSR count). The number of nitro groups is 1. The number of methoxy groups -OCH3 is 1. The standard InChI is InChI=1S/C14H11ClINO4S/c1-20-8-21-10-3-5-14(12(7-10)17(18)19)22-13-4-2-9(15)6-11(13)16/h2-7H,8H2,1H3. The second kappa shape index (κ2) is 8.00. The number of nitrogens with zero attached hydrogens (tertiary/aromatic N) is 1. The Kier molecular flexibility index (Phi) is 6.30. The van der Waals surface area contributed by atoms with Gasteiger partial charge in [-0.15, -0.1) is 0 Å². The van der Waals surface area contributed by atoms with Crippen LogP contribution in [0.15, 0.2) is 46.2 Å². The molecule has 0 aliphatic carbocycles. The second-order valence-electron chi connectivity index (χ2n) is 4.11. The van der Waals surface area contributed by atoms with Crippen LogP contribution in [0.2, 0.25) is 5.02 Å². The summed E-state index contributed by atoms with van der Waals surface area (Å²) in [6.45, 7) is 0.0404. The molecule has 0 fully saturated rings. The molecule has 2 aromatic carbocycles. The van der Waals surface area contributed by atoms with Crippen molar-refractivity contribution in [2.75, 3.05) is 13.9 Å². The minimum absolute atomic E-state index is 0.00986. The maximum atomic E-state index is 11.3. The molecule has 0 aliphatic rings. The quantitative estimate of drug-likeness (QED) is 0.268. The smallest absolute Gasteiger partial charge is 0.286 e. The first-order valence-corrected chi connectivity index (χ1v) is 8.31. The summed E-state index contributed by atoms with van der Waals surface area (Å²) in [4.78, 5) is 12.3. The summed E-state index contributed by atoms with van der Waals surface area (Å²) in [5, 5.41) is 11.9. The number of nitro benzene ring substituents is 1. The predicted molar refractivity (Wildman–Crippen MR) is 93.9 cm³/mol. The summed E-state index contributed by atoms with van der Waals surface area (Å²) in [5.74, 6) is 0.392. The highest BCUT2D eigenvalue weighted by atomic mass is 127. The van der Waals surface area contributed by atoms with E-state index in [2.05, 4.69) is 22.6 Å². The van der Waals surface area contributed by atoms with Gasteiger partial charge in [-0.1, -0.05) is 23.4 Å². The Morgan fingerprint density at radius 3 is 2.64 bits per heavy atom. The largest absolute Gasteiger partial charge is 0.467 e. The molecule has 0 heterocycles. The van der Waals surface area contributed by atoms with E-state index in [0.29, 0.717) is 15.7 Å². The molecule has 8 heteroatoms. The third-order valence-electron chi connectivity index (χ3n) is 2.58. The maximum Gasteiger partial charge on any atom is 0.286 e. The fourth-order valence-electron chi connectivity index (χ4n) is 1.62. The van der Waals surface area contributed by atoms with Gasteiger partial charge in [0.25, 0.3) is 5.69 Å². The van der Waals surface area contributed by atoms with E-state index in [1.807, 2.05) is 12.1 Å². The number of rotatable bonds is 6. The summed E-state index contributed by atoms with van der Waals surface area (Å²) in [6.07, 6.45) is 0. The van der Waals surface area contributed by atoms with Crippen molar-refractivity contribution in [2.45, 2.75) is 9.79 Å². The van der Waals surface area contributed by atoms with Crippen molar-refractivity contribution in [3.63, 3.8) is 0 Å². The molecule has 22 heavy (non-hydrogen) atoms. The molecule has 0 bridgehead atoms. The molecule has 2 aromatic rings. The Morgan fingerprint density at radius 2 is 2.00 bits per heavy atom. The van der Waals surface area contributed by atoms with Crippen LogP contribution < -0.4 is 4.74 Å². The van der Waals surface area contributed by atoms with E-state index in [-0.39, 0.29) is 12.5 Å². The van der Waals surface area contributed by atoms with Crippen molar-refractivity contribution >= 4 is 51.6 Å². The van der Waals surface area contributed by atoms with Gasteiger partial charge in [-0.05, 0) is 52.9 Å². The van der Waals surface area contributed by atoms with E-state index in [0.717, 1.165) is 8.47 Å². The van der Waals surface area contributed by atoms with Gasteiger partial charge in [0.2, 0.25) is 0 Å². The van der Waals surface area contributed by atoms with Crippen molar-refractivity contribution in [1.29, 1.82) is 0 Å². The number of ether oxygens (including phenoxy) is 2. The highest BCUT2D eigenvalue weighted by Gasteiger charge is 2.17. The monoisotopic (exact) mass is 451 g/mol. The third-order valence-corrected chi connectivity index (χ3v) is 5.22. The SMILES string of the molecule is COCOc1ccc(Sc2ccc(Cl)cc2I)c([N+](=O)[O-])c1. The second-order valence-corrected chi connectivity index (χ2v) is 6.80. The zero-order valence-electron chi connectivity index (χ0n) is 11.4. The van der Waals surface area contributed by atoms with Gasteiger partial charge in [0.05, 0.1) is 15.9 Å². The van der Waals surface area contributed by atoms with Crippen LogP contribution in [0, 0.1) is 13.7 Å². The first-order valence-electron chi connectivity index (χ1n) is 6.04. The molecule has 0 aromatic heterocycles. The number of hydrogen-bond donors (Lipinski definition) is 0. The zero-order valence-corrected chi connectivity index (χ0v) is 15.1. The molecule has 5 nitrogen and oxygen atoms in total. The average molecular weight is 452 g/mol. The highest BCUT2D eigenvalue weighted by Crippen LogP contribution is 2.39. The number of hydrogen-bond acceptors (Lipinski definition) is 5. The summed E-state index contributed by atoms with van der Waals surface area (Å²) >= 11 is 9.39. The van der Waals surface area contributed by atoms with E-state index in [9.17, 15) is 10.1 Å². The molecule has 0 spiro atoms. The molecule has 0 radical (unpaired) electrons. The molecule has 0 unspecified atom stereocenters. The van der Waals surface area contributed by atoms with Gasteiger partial charge in [-0.25, -0.2) is 0 Å². The van der Waals surface area contributed by atoms with E-state index in [4.69, 9.17) is 21.1 Å². The summed E-state index contributed by atoms with van der Waals surface area (Å²) < 4.78 is 11.0. The van der Waals surface area contributed by atoms with Gasteiger partial charge in [0, 0.05) is 20.6 Å². The molecule has 116 valence electrons. The Hall–Kier alpha value is -1.03. The average Bonchev–Trinajstić information content (AvgIpc) is 2.48. The van der Waals surface area contributed by atoms with Crippen LogP contribution in [0.5, 0.6) is 5.75 Å². The van der Waals surface area contributed by atoms with Gasteiger partial charge in [0.15, 0.2) is 6.79 Å². The molecule has 0 atom stereocenters. The van der Waals surface area contributed by atoms with Crippen LogP contribution in [0.3, 0.4) is 0 Å². The molecule has 0 aliphatic heterocycles. The Labute approximate surface area is 150 Å². The Bertz CT molecular complexity index is 699. The lowest BCUT2D eigenvalue weighted by atomic mass is 10.3. The third kappa shape index (κ3) is 4.48. The fourth-order valence-corrected chi connectivity index (χ4v) is 3.72. The lowest BCUT2D eigenvalue weighted by molar-refractivity contribution is -0.387. The highest BCUT2D eigenvalue weighted by molar-refractivity contribution is 14.1. The van der Waals surface area contributed by atoms with Crippen molar-refractivity contribution in [3.8, 4) is 5.75 Å². The van der Waals surface area contributed by atoms with Crippen LogP contribution in [0.1, 0.15) is 0 Å². The van der Waals surface area contributed by atoms with Crippen LogP contribution in [-0.4, -0.2) is 18.8 Å². The molecule has 0 amide bonds. The Morgan fingerprint density at radius 1 is 1.27 bits per heavy atom. The maximum absolute atomic E-state index is 11.3. The Balaban J connectivity index is 2.31. The van der Waals surface area contributed by atoms with Gasteiger partial charge < -0.3 is 9.47 Å².